The lowest BCUT2D eigenvalue weighted by molar-refractivity contribution is -0.00856. The first kappa shape index (κ1) is 29.8. The first-order valence-electron chi connectivity index (χ1n) is 14.1. The molecule has 1 aromatic heterocycles. The van der Waals surface area contributed by atoms with Crippen molar-refractivity contribution in [3.8, 4) is 11.5 Å². The maximum atomic E-state index is 13.3. The van der Waals surface area contributed by atoms with Gasteiger partial charge in [0.2, 0.25) is 0 Å². The molecule has 0 amide bonds. The van der Waals surface area contributed by atoms with E-state index in [2.05, 4.69) is 4.72 Å². The van der Waals surface area contributed by atoms with Crippen LogP contribution in [-0.2, 0) is 25.9 Å². The van der Waals surface area contributed by atoms with Gasteiger partial charge in [0, 0.05) is 37.6 Å². The molecule has 1 saturated carbocycles. The van der Waals surface area contributed by atoms with Gasteiger partial charge in [-0.15, -0.1) is 0 Å². The van der Waals surface area contributed by atoms with E-state index >= 15 is 0 Å². The smallest absolute Gasteiger partial charge is 0.343 e. The molecule has 0 aliphatic heterocycles. The van der Waals surface area contributed by atoms with Crippen LogP contribution in [0.5, 0.6) is 11.5 Å². The van der Waals surface area contributed by atoms with Crippen molar-refractivity contribution in [1.82, 2.24) is 0 Å². The molecule has 0 saturated heterocycles. The predicted octanol–water partition coefficient (Wildman–Crippen LogP) is 4.99. The van der Waals surface area contributed by atoms with Gasteiger partial charge in [0.15, 0.2) is 12.6 Å². The normalized spacial score (nSPS) is 16.3. The molecule has 2 aliphatic rings. The van der Waals surface area contributed by atoms with Crippen LogP contribution in [0.2, 0.25) is 0 Å². The number of carbonyl (C=O) groups is 1. The van der Waals surface area contributed by atoms with Crippen molar-refractivity contribution >= 4 is 21.5 Å². The predicted molar refractivity (Wildman–Crippen MR) is 155 cm³/mol. The molecule has 0 spiro atoms. The Labute approximate surface area is 244 Å². The van der Waals surface area contributed by atoms with Gasteiger partial charge in [-0.25, -0.2) is 13.2 Å². The van der Waals surface area contributed by atoms with Crippen LogP contribution in [0, 0.1) is 5.92 Å². The molecule has 42 heavy (non-hydrogen) atoms. The molecule has 5 rings (SSSR count). The second-order valence-electron chi connectivity index (χ2n) is 10.6. The van der Waals surface area contributed by atoms with Gasteiger partial charge in [-0.2, -0.15) is 0 Å². The van der Waals surface area contributed by atoms with Crippen LogP contribution in [0.15, 0.2) is 62.6 Å². The van der Waals surface area contributed by atoms with Crippen LogP contribution in [0.25, 0.3) is 0 Å². The van der Waals surface area contributed by atoms with Gasteiger partial charge >= 0.3 is 5.63 Å². The van der Waals surface area contributed by atoms with E-state index in [1.807, 2.05) is 0 Å². The summed E-state index contributed by atoms with van der Waals surface area (Å²) in [5.41, 5.74) is 0.439. The maximum Gasteiger partial charge on any atom is 0.343 e. The van der Waals surface area contributed by atoms with Gasteiger partial charge in [-0.3, -0.25) is 9.52 Å². The zero-order chi connectivity index (χ0) is 29.7. The molecule has 2 N–H and O–H groups in total. The van der Waals surface area contributed by atoms with E-state index < -0.39 is 21.6 Å². The first-order valence-corrected chi connectivity index (χ1v) is 15.6. The Balaban J connectivity index is 1.41. The summed E-state index contributed by atoms with van der Waals surface area (Å²) < 4.78 is 50.5. The molecule has 224 valence electrons. The minimum absolute atomic E-state index is 0.000454. The number of rotatable bonds is 12. The van der Waals surface area contributed by atoms with Crippen LogP contribution >= 0.6 is 0 Å². The topological polar surface area (TPSA) is 141 Å². The highest BCUT2D eigenvalue weighted by molar-refractivity contribution is 7.92. The number of anilines is 1. The number of hydrogen-bond donors (Lipinski definition) is 2. The van der Waals surface area contributed by atoms with Crippen molar-refractivity contribution in [3.63, 3.8) is 0 Å². The molecule has 0 radical (unpaired) electrons. The summed E-state index contributed by atoms with van der Waals surface area (Å²) in [5.74, 6) is -0.463. The number of carbonyl (C=O) groups excluding carboxylic acids is 1. The number of fused-ring (bicyclic) bond motifs is 1. The van der Waals surface area contributed by atoms with Crippen molar-refractivity contribution in [3.05, 3.63) is 81.4 Å². The van der Waals surface area contributed by atoms with Crippen molar-refractivity contribution in [2.24, 2.45) is 5.92 Å². The standard InChI is InChI=1S/C31H35NO9S/c1-38-15-16-39-19-40-23-9-6-10-24(18-23)42(36,37)32-22-8-5-7-21(17-22)27(20-13-14-20)29-30(34)28-25(33)11-3-2-4-12-26(28)41-31(29)35/h5-10,17-18,20,27,32,34H,2-4,11-16,19H2,1H3. The van der Waals surface area contributed by atoms with Gasteiger partial charge in [-0.1, -0.05) is 24.6 Å². The number of methoxy groups -OCH3 is 1. The monoisotopic (exact) mass is 597 g/mol. The van der Waals surface area contributed by atoms with E-state index in [0.717, 1.165) is 32.1 Å². The Morgan fingerprint density at radius 1 is 1.02 bits per heavy atom. The second kappa shape index (κ2) is 13.1. The van der Waals surface area contributed by atoms with E-state index in [9.17, 15) is 23.1 Å². The lowest BCUT2D eigenvalue weighted by atomic mass is 9.85. The number of aromatic hydroxyl groups is 1. The highest BCUT2D eigenvalue weighted by Gasteiger charge is 2.39. The Morgan fingerprint density at radius 2 is 1.81 bits per heavy atom. The van der Waals surface area contributed by atoms with Gasteiger partial charge in [0.05, 0.1) is 29.2 Å². The average molecular weight is 598 g/mol. The summed E-state index contributed by atoms with van der Waals surface area (Å²) in [5, 5.41) is 11.3. The fourth-order valence-corrected chi connectivity index (χ4v) is 6.43. The minimum atomic E-state index is -4.00. The summed E-state index contributed by atoms with van der Waals surface area (Å²) in [6, 6.07) is 12.8. The lowest BCUT2D eigenvalue weighted by Gasteiger charge is -2.21. The Bertz CT molecular complexity index is 1590. The molecule has 1 atom stereocenters. The Kier molecular flexibility index (Phi) is 9.30. The number of hydrogen-bond acceptors (Lipinski definition) is 9. The van der Waals surface area contributed by atoms with Crippen LogP contribution in [0.4, 0.5) is 5.69 Å². The SMILES string of the molecule is COCCOCOc1cccc(S(=O)(=O)Nc2cccc(C(c3c(O)c4c(oc3=O)CCCCCC4=O)C3CC3)c2)c1. The van der Waals surface area contributed by atoms with Crippen molar-refractivity contribution in [2.45, 2.75) is 55.8 Å². The third-order valence-corrected chi connectivity index (χ3v) is 8.93. The zero-order valence-corrected chi connectivity index (χ0v) is 24.3. The fraction of sp³-hybridized carbons (Fsp3) is 0.419. The molecule has 2 aliphatic carbocycles. The molecular weight excluding hydrogens is 562 g/mol. The molecular formula is C31H35NO9S. The van der Waals surface area contributed by atoms with E-state index in [1.54, 1.807) is 43.5 Å². The number of benzene rings is 2. The van der Waals surface area contributed by atoms with Crippen molar-refractivity contribution in [1.29, 1.82) is 0 Å². The van der Waals surface area contributed by atoms with Gasteiger partial charge in [0.25, 0.3) is 10.0 Å². The molecule has 10 nitrogen and oxygen atoms in total. The van der Waals surface area contributed by atoms with Crippen molar-refractivity contribution in [2.75, 3.05) is 31.8 Å². The Hall–Kier alpha value is -3.67. The third kappa shape index (κ3) is 6.86. The zero-order valence-electron chi connectivity index (χ0n) is 23.5. The molecule has 1 heterocycles. The van der Waals surface area contributed by atoms with Crippen LogP contribution in [-0.4, -0.2) is 46.4 Å². The van der Waals surface area contributed by atoms with E-state index in [-0.39, 0.29) is 52.4 Å². The van der Waals surface area contributed by atoms with Gasteiger partial charge < -0.3 is 23.7 Å². The fourth-order valence-electron chi connectivity index (χ4n) is 5.35. The lowest BCUT2D eigenvalue weighted by Crippen LogP contribution is -2.21. The summed E-state index contributed by atoms with van der Waals surface area (Å²) in [6.07, 6.45) is 4.70. The quantitative estimate of drug-likeness (QED) is 0.218. The molecule has 3 aromatic rings. The summed E-state index contributed by atoms with van der Waals surface area (Å²) in [4.78, 5) is 26.2. The highest BCUT2D eigenvalue weighted by atomic mass is 32.2. The van der Waals surface area contributed by atoms with Crippen LogP contribution in [0.1, 0.15) is 71.7 Å². The summed E-state index contributed by atoms with van der Waals surface area (Å²) >= 11 is 0. The molecule has 0 bridgehead atoms. The minimum Gasteiger partial charge on any atom is -0.506 e. The van der Waals surface area contributed by atoms with Crippen LogP contribution < -0.4 is 15.1 Å². The van der Waals surface area contributed by atoms with Gasteiger partial charge in [-0.05, 0) is 61.4 Å². The van der Waals surface area contributed by atoms with E-state index in [4.69, 9.17) is 18.6 Å². The third-order valence-electron chi connectivity index (χ3n) is 7.55. The molecule has 1 unspecified atom stereocenters. The van der Waals surface area contributed by atoms with Gasteiger partial charge in [0.1, 0.15) is 17.3 Å². The first-order chi connectivity index (χ1) is 20.3. The van der Waals surface area contributed by atoms with Crippen molar-refractivity contribution < 1.29 is 36.9 Å². The number of nitrogens with one attached hydrogen (secondary N) is 1. The number of aryl methyl sites for hydroxylation is 1. The number of sulfonamides is 1. The van der Waals surface area contributed by atoms with Crippen LogP contribution in [0.3, 0.4) is 0 Å². The molecule has 2 aromatic carbocycles. The number of ketones is 1. The highest BCUT2D eigenvalue weighted by Crippen LogP contribution is 2.49. The van der Waals surface area contributed by atoms with E-state index in [1.165, 1.54) is 12.1 Å². The Morgan fingerprint density at radius 3 is 2.60 bits per heavy atom. The number of Topliss-reactive ketones (excluding diaryl/α,β-unsaturated/α-hetero) is 1. The molecule has 1 fully saturated rings. The summed E-state index contributed by atoms with van der Waals surface area (Å²) in [7, 11) is -2.43. The largest absolute Gasteiger partial charge is 0.506 e. The maximum absolute atomic E-state index is 13.3. The average Bonchev–Trinajstić information content (AvgIpc) is 3.79. The second-order valence-corrected chi connectivity index (χ2v) is 12.3. The van der Waals surface area contributed by atoms with E-state index in [0.29, 0.717) is 36.6 Å². The summed E-state index contributed by atoms with van der Waals surface area (Å²) in [6.45, 7) is 0.702. The molecule has 11 heteroatoms. The number of ether oxygens (including phenoxy) is 3.